The summed E-state index contributed by atoms with van der Waals surface area (Å²) in [5.74, 6) is 0.216. The van der Waals surface area contributed by atoms with E-state index in [1.54, 1.807) is 0 Å². The molecule has 0 saturated heterocycles. The number of carboxylic acids is 1. The fraction of sp³-hybridized carbons (Fsp3) is 0.850. The standard InChI is InChI=1S/C20H28O5/c1-17-10-25-13-8-11-7-12-9-19(11,5-6-20(12,24)16(22)23)18(2,15(13)17)4-3-14(17)21/h11-12,14,21,24H,3-10H2,1-2H3,(H,22,23)/t11-,12-,14-,17-,18+,19+,20-/m1/s1. The Bertz CT molecular complexity index is 700. The molecule has 5 nitrogen and oxygen atoms in total. The van der Waals surface area contributed by atoms with E-state index in [1.807, 2.05) is 0 Å². The number of carbonyl (C=O) groups is 1. The largest absolute Gasteiger partial charge is 0.497 e. The van der Waals surface area contributed by atoms with E-state index in [1.165, 1.54) is 5.57 Å². The average Bonchev–Trinajstić information content (AvgIpc) is 3.08. The van der Waals surface area contributed by atoms with Crippen LogP contribution in [0, 0.1) is 28.1 Å². The second-order valence-electron chi connectivity index (χ2n) is 9.81. The van der Waals surface area contributed by atoms with Crippen LogP contribution >= 0.6 is 0 Å². The Hall–Kier alpha value is -1.07. The quantitative estimate of drug-likeness (QED) is 0.678. The molecule has 1 spiro atoms. The summed E-state index contributed by atoms with van der Waals surface area (Å²) in [6, 6.07) is 0. The molecule has 2 bridgehead atoms. The van der Waals surface area contributed by atoms with Crippen LogP contribution in [0.1, 0.15) is 58.8 Å². The summed E-state index contributed by atoms with van der Waals surface area (Å²) in [5, 5.41) is 31.1. The second-order valence-corrected chi connectivity index (χ2v) is 9.81. The zero-order valence-electron chi connectivity index (χ0n) is 15.0. The van der Waals surface area contributed by atoms with E-state index in [0.29, 0.717) is 18.9 Å². The van der Waals surface area contributed by atoms with Crippen LogP contribution < -0.4 is 0 Å². The van der Waals surface area contributed by atoms with E-state index in [0.717, 1.165) is 44.3 Å². The van der Waals surface area contributed by atoms with Crippen LogP contribution in [0.3, 0.4) is 0 Å². The predicted molar refractivity (Wildman–Crippen MR) is 89.5 cm³/mol. The Morgan fingerprint density at radius 2 is 1.96 bits per heavy atom. The van der Waals surface area contributed by atoms with E-state index in [9.17, 15) is 20.1 Å². The third-order valence-electron chi connectivity index (χ3n) is 9.09. The van der Waals surface area contributed by atoms with Gasteiger partial charge in [-0.15, -0.1) is 0 Å². The van der Waals surface area contributed by atoms with Gasteiger partial charge in [0.1, 0.15) is 0 Å². The average molecular weight is 348 g/mol. The Kier molecular flexibility index (Phi) is 2.85. The highest BCUT2D eigenvalue weighted by atomic mass is 16.5. The minimum absolute atomic E-state index is 0.0489. The van der Waals surface area contributed by atoms with Crippen LogP contribution in [0.2, 0.25) is 0 Å². The van der Waals surface area contributed by atoms with E-state index < -0.39 is 11.6 Å². The van der Waals surface area contributed by atoms with Crippen molar-refractivity contribution in [3.05, 3.63) is 11.3 Å². The zero-order chi connectivity index (χ0) is 17.8. The van der Waals surface area contributed by atoms with Gasteiger partial charge in [0.25, 0.3) is 0 Å². The minimum Gasteiger partial charge on any atom is -0.497 e. The van der Waals surface area contributed by atoms with Crippen LogP contribution in [-0.4, -0.2) is 39.6 Å². The lowest BCUT2D eigenvalue weighted by Gasteiger charge is -2.61. The summed E-state index contributed by atoms with van der Waals surface area (Å²) in [5.41, 5.74) is -0.559. The summed E-state index contributed by atoms with van der Waals surface area (Å²) < 4.78 is 6.10. The lowest BCUT2D eigenvalue weighted by molar-refractivity contribution is -0.173. The Labute approximate surface area is 148 Å². The maximum Gasteiger partial charge on any atom is 0.335 e. The number of aliphatic hydroxyl groups excluding tert-OH is 1. The molecule has 0 amide bonds. The van der Waals surface area contributed by atoms with Crippen LogP contribution in [0.25, 0.3) is 0 Å². The van der Waals surface area contributed by atoms with E-state index in [-0.39, 0.29) is 28.3 Å². The third-order valence-corrected chi connectivity index (χ3v) is 9.09. The molecule has 138 valence electrons. The molecule has 3 N–H and O–H groups in total. The minimum atomic E-state index is -1.57. The van der Waals surface area contributed by atoms with Crippen molar-refractivity contribution in [2.45, 2.75) is 70.5 Å². The van der Waals surface area contributed by atoms with Gasteiger partial charge >= 0.3 is 5.97 Å². The van der Waals surface area contributed by atoms with Gasteiger partial charge in [-0.2, -0.15) is 0 Å². The van der Waals surface area contributed by atoms with Crippen molar-refractivity contribution in [3.63, 3.8) is 0 Å². The van der Waals surface area contributed by atoms with Crippen molar-refractivity contribution in [2.75, 3.05) is 6.61 Å². The number of aliphatic carboxylic acids is 1. The predicted octanol–water partition coefficient (Wildman–Crippen LogP) is 2.46. The molecular formula is C20H28O5. The van der Waals surface area contributed by atoms with E-state index >= 15 is 0 Å². The molecule has 3 saturated carbocycles. The van der Waals surface area contributed by atoms with Gasteiger partial charge in [0.15, 0.2) is 5.60 Å². The van der Waals surface area contributed by atoms with Crippen molar-refractivity contribution >= 4 is 5.97 Å². The monoisotopic (exact) mass is 348 g/mol. The van der Waals surface area contributed by atoms with E-state index in [2.05, 4.69) is 13.8 Å². The molecule has 0 unspecified atom stereocenters. The number of rotatable bonds is 1. The summed E-state index contributed by atoms with van der Waals surface area (Å²) >= 11 is 0. The van der Waals surface area contributed by atoms with Crippen molar-refractivity contribution in [1.82, 2.24) is 0 Å². The first-order chi connectivity index (χ1) is 11.7. The summed E-state index contributed by atoms with van der Waals surface area (Å²) in [4.78, 5) is 11.7. The fourth-order valence-corrected chi connectivity index (χ4v) is 7.71. The molecule has 7 atom stereocenters. The molecule has 4 aliphatic carbocycles. The molecule has 0 aromatic carbocycles. The van der Waals surface area contributed by atoms with Crippen LogP contribution in [0.15, 0.2) is 11.3 Å². The first kappa shape index (κ1) is 16.1. The molecule has 25 heavy (non-hydrogen) atoms. The van der Waals surface area contributed by atoms with Gasteiger partial charge in [-0.3, -0.25) is 0 Å². The van der Waals surface area contributed by atoms with Gasteiger partial charge in [-0.1, -0.05) is 6.92 Å². The number of ether oxygens (including phenoxy) is 1. The zero-order valence-corrected chi connectivity index (χ0v) is 15.0. The van der Waals surface area contributed by atoms with Gasteiger partial charge in [0.2, 0.25) is 0 Å². The molecule has 1 aliphatic heterocycles. The lowest BCUT2D eigenvalue weighted by atomic mass is 9.42. The van der Waals surface area contributed by atoms with Crippen molar-refractivity contribution in [1.29, 1.82) is 0 Å². The smallest absolute Gasteiger partial charge is 0.335 e. The molecule has 0 aromatic rings. The van der Waals surface area contributed by atoms with Gasteiger partial charge in [-0.05, 0) is 73.7 Å². The number of fused-ring (bicyclic) bond motifs is 1. The number of aliphatic hydroxyl groups is 2. The number of hydrogen-bond donors (Lipinski definition) is 3. The van der Waals surface area contributed by atoms with Gasteiger partial charge in [0.05, 0.1) is 23.9 Å². The lowest BCUT2D eigenvalue weighted by Crippen LogP contribution is -2.58. The molecule has 0 radical (unpaired) electrons. The van der Waals surface area contributed by atoms with Crippen molar-refractivity contribution < 1.29 is 24.9 Å². The van der Waals surface area contributed by atoms with Gasteiger partial charge in [-0.25, -0.2) is 4.79 Å². The van der Waals surface area contributed by atoms with Crippen LogP contribution in [0.4, 0.5) is 0 Å². The van der Waals surface area contributed by atoms with E-state index in [4.69, 9.17) is 4.74 Å². The summed E-state index contributed by atoms with van der Waals surface area (Å²) in [7, 11) is 0. The molecule has 3 fully saturated rings. The van der Waals surface area contributed by atoms with Crippen molar-refractivity contribution in [2.24, 2.45) is 28.1 Å². The number of carboxylic acid groups (broad SMARTS) is 1. The Morgan fingerprint density at radius 3 is 2.68 bits per heavy atom. The maximum atomic E-state index is 11.7. The normalized spacial score (nSPS) is 56.2. The topological polar surface area (TPSA) is 87.0 Å². The van der Waals surface area contributed by atoms with Crippen LogP contribution in [-0.2, 0) is 9.53 Å². The second kappa shape index (κ2) is 4.42. The molecule has 5 rings (SSSR count). The maximum absolute atomic E-state index is 11.7. The Balaban J connectivity index is 1.63. The highest BCUT2D eigenvalue weighted by molar-refractivity contribution is 5.78. The van der Waals surface area contributed by atoms with Gasteiger partial charge < -0.3 is 20.1 Å². The first-order valence-electron chi connectivity index (χ1n) is 9.68. The molecule has 5 aliphatic rings. The van der Waals surface area contributed by atoms with Gasteiger partial charge in [0, 0.05) is 6.42 Å². The van der Waals surface area contributed by atoms with Crippen molar-refractivity contribution in [3.8, 4) is 0 Å². The number of hydrogen-bond acceptors (Lipinski definition) is 4. The van der Waals surface area contributed by atoms with Crippen LogP contribution in [0.5, 0.6) is 0 Å². The fourth-order valence-electron chi connectivity index (χ4n) is 7.71. The third kappa shape index (κ3) is 1.57. The Morgan fingerprint density at radius 1 is 1.20 bits per heavy atom. The molecule has 1 heterocycles. The first-order valence-corrected chi connectivity index (χ1v) is 9.68. The highest BCUT2D eigenvalue weighted by Gasteiger charge is 2.72. The molecule has 0 aromatic heterocycles. The number of allylic oxidation sites excluding steroid dienone is 1. The molecule has 5 heteroatoms. The highest BCUT2D eigenvalue weighted by Crippen LogP contribution is 2.76. The summed E-state index contributed by atoms with van der Waals surface area (Å²) in [6.45, 7) is 5.04. The summed E-state index contributed by atoms with van der Waals surface area (Å²) in [6.07, 6.45) is 4.86. The SMILES string of the molecule is C[C@]12COC3=C1[C@](C)(CC[C@H]2O)[C@]12CC[C@](O)(C(=O)O)[C@H](C[C@@H]1C3)C2. The molecular weight excluding hydrogens is 320 g/mol.